The average Bonchev–Trinajstić information content (AvgIpc) is 2.76. The molecule has 98 valence electrons. The van der Waals surface area contributed by atoms with Gasteiger partial charge in [-0.1, -0.05) is 0 Å². The van der Waals surface area contributed by atoms with E-state index in [2.05, 4.69) is 38.9 Å². The molecule has 2 heterocycles. The molecule has 7 heteroatoms. The molecule has 0 aliphatic heterocycles. The van der Waals surface area contributed by atoms with Crippen LogP contribution in [0.5, 0.6) is 0 Å². The first kappa shape index (κ1) is 12.6. The molecule has 2 aromatic heterocycles. The number of nitrogen functional groups attached to an aromatic ring is 1. The van der Waals surface area contributed by atoms with Crippen LogP contribution in [-0.4, -0.2) is 46.5 Å². The van der Waals surface area contributed by atoms with Gasteiger partial charge in [-0.3, -0.25) is 5.10 Å². The topological polar surface area (TPSA) is 93.0 Å². The largest absolute Gasteiger partial charge is 0.383 e. The Balaban J connectivity index is 2.45. The van der Waals surface area contributed by atoms with Gasteiger partial charge in [-0.05, 0) is 13.8 Å². The lowest BCUT2D eigenvalue weighted by atomic mass is 10.2. The maximum absolute atomic E-state index is 5.72. The number of H-pyrrole nitrogens is 1. The number of rotatable bonds is 5. The zero-order valence-electron chi connectivity index (χ0n) is 10.8. The van der Waals surface area contributed by atoms with E-state index in [1.165, 1.54) is 0 Å². The van der Waals surface area contributed by atoms with Gasteiger partial charge in [-0.2, -0.15) is 15.1 Å². The highest BCUT2D eigenvalue weighted by Gasteiger charge is 2.17. The molecule has 0 aliphatic rings. The van der Waals surface area contributed by atoms with Crippen molar-refractivity contribution in [3.63, 3.8) is 0 Å². The molecular formula is C11H18N6O. The lowest BCUT2D eigenvalue weighted by molar-refractivity contribution is 0.203. The van der Waals surface area contributed by atoms with Crippen LogP contribution >= 0.6 is 0 Å². The van der Waals surface area contributed by atoms with Crippen LogP contribution in [0.1, 0.15) is 13.8 Å². The van der Waals surface area contributed by atoms with Crippen molar-refractivity contribution < 1.29 is 4.74 Å². The first-order valence-corrected chi connectivity index (χ1v) is 5.85. The lowest BCUT2D eigenvalue weighted by Crippen LogP contribution is -2.34. The highest BCUT2D eigenvalue weighted by Crippen LogP contribution is 2.24. The van der Waals surface area contributed by atoms with E-state index >= 15 is 0 Å². The lowest BCUT2D eigenvalue weighted by Gasteiger charge is -2.27. The maximum Gasteiger partial charge on any atom is 0.224 e. The first-order chi connectivity index (χ1) is 8.63. The van der Waals surface area contributed by atoms with Gasteiger partial charge in [-0.25, -0.2) is 0 Å². The highest BCUT2D eigenvalue weighted by molar-refractivity contribution is 5.87. The second-order valence-electron chi connectivity index (χ2n) is 4.32. The van der Waals surface area contributed by atoms with Crippen LogP contribution in [0.3, 0.4) is 0 Å². The van der Waals surface area contributed by atoms with E-state index in [0.29, 0.717) is 12.3 Å². The zero-order valence-corrected chi connectivity index (χ0v) is 10.8. The number of ether oxygens (including phenoxy) is 1. The summed E-state index contributed by atoms with van der Waals surface area (Å²) in [5, 5.41) is 7.67. The molecule has 0 atom stereocenters. The number of nitrogens with one attached hydrogen (secondary N) is 1. The molecule has 0 saturated carbocycles. The third-order valence-electron chi connectivity index (χ3n) is 2.74. The number of nitrogens with two attached hydrogens (primary N) is 1. The van der Waals surface area contributed by atoms with Crippen molar-refractivity contribution >= 4 is 22.8 Å². The first-order valence-electron chi connectivity index (χ1n) is 5.85. The molecule has 0 radical (unpaired) electrons. The normalized spacial score (nSPS) is 11.3. The van der Waals surface area contributed by atoms with E-state index < -0.39 is 0 Å². The Morgan fingerprint density at radius 1 is 1.44 bits per heavy atom. The molecule has 0 amide bonds. The minimum absolute atomic E-state index is 0.241. The smallest absolute Gasteiger partial charge is 0.224 e. The summed E-state index contributed by atoms with van der Waals surface area (Å²) in [5.74, 6) is 1.03. The van der Waals surface area contributed by atoms with Crippen molar-refractivity contribution in [2.45, 2.75) is 19.9 Å². The van der Waals surface area contributed by atoms with Crippen molar-refractivity contribution in [3.8, 4) is 0 Å². The van der Waals surface area contributed by atoms with Gasteiger partial charge in [0.15, 0.2) is 5.65 Å². The van der Waals surface area contributed by atoms with Crippen LogP contribution in [0.25, 0.3) is 11.0 Å². The summed E-state index contributed by atoms with van der Waals surface area (Å²) < 4.78 is 5.13. The molecule has 2 rings (SSSR count). The van der Waals surface area contributed by atoms with Gasteiger partial charge in [0, 0.05) is 19.7 Å². The summed E-state index contributed by atoms with van der Waals surface area (Å²) in [7, 11) is 1.68. The second kappa shape index (κ2) is 5.18. The van der Waals surface area contributed by atoms with Gasteiger partial charge < -0.3 is 15.4 Å². The molecule has 0 unspecified atom stereocenters. The predicted molar refractivity (Wildman–Crippen MR) is 70.5 cm³/mol. The van der Waals surface area contributed by atoms with Gasteiger partial charge in [-0.15, -0.1) is 0 Å². The van der Waals surface area contributed by atoms with Gasteiger partial charge in [0.1, 0.15) is 5.82 Å². The van der Waals surface area contributed by atoms with E-state index in [4.69, 9.17) is 10.5 Å². The number of fused-ring (bicyclic) bond motifs is 1. The van der Waals surface area contributed by atoms with Crippen LogP contribution in [-0.2, 0) is 4.74 Å². The Labute approximate surface area is 105 Å². The van der Waals surface area contributed by atoms with Crippen LogP contribution < -0.4 is 10.6 Å². The molecular weight excluding hydrogens is 232 g/mol. The molecule has 3 N–H and O–H groups in total. The van der Waals surface area contributed by atoms with Crippen molar-refractivity contribution in [2.75, 3.05) is 30.9 Å². The van der Waals surface area contributed by atoms with Gasteiger partial charge in [0.05, 0.1) is 18.2 Å². The minimum atomic E-state index is 0.241. The molecule has 7 nitrogen and oxygen atoms in total. The fourth-order valence-electron chi connectivity index (χ4n) is 1.85. The molecule has 0 aromatic carbocycles. The van der Waals surface area contributed by atoms with E-state index in [0.717, 1.165) is 17.7 Å². The van der Waals surface area contributed by atoms with E-state index in [9.17, 15) is 0 Å². The molecule has 0 bridgehead atoms. The summed E-state index contributed by atoms with van der Waals surface area (Å²) in [6.45, 7) is 5.56. The monoisotopic (exact) mass is 250 g/mol. The maximum atomic E-state index is 5.72. The van der Waals surface area contributed by atoms with E-state index in [1.54, 1.807) is 13.3 Å². The van der Waals surface area contributed by atoms with Crippen molar-refractivity contribution in [2.24, 2.45) is 0 Å². The molecule has 18 heavy (non-hydrogen) atoms. The van der Waals surface area contributed by atoms with E-state index in [1.807, 2.05) is 0 Å². The Hall–Kier alpha value is -1.89. The summed E-state index contributed by atoms with van der Waals surface area (Å²) in [5.41, 5.74) is 6.38. The predicted octanol–water partition coefficient (Wildman–Crippen LogP) is 0.796. The number of aromatic amines is 1. The molecule has 0 aliphatic carbocycles. The minimum Gasteiger partial charge on any atom is -0.383 e. The quantitative estimate of drug-likeness (QED) is 0.815. The van der Waals surface area contributed by atoms with Crippen LogP contribution in [0, 0.1) is 0 Å². The fourth-order valence-corrected chi connectivity index (χ4v) is 1.85. The number of nitrogens with zero attached hydrogens (tertiary/aromatic N) is 4. The summed E-state index contributed by atoms with van der Waals surface area (Å²) in [6.07, 6.45) is 1.71. The van der Waals surface area contributed by atoms with Crippen molar-refractivity contribution in [3.05, 3.63) is 6.20 Å². The Kier molecular flexibility index (Phi) is 3.61. The number of hydrogen-bond acceptors (Lipinski definition) is 6. The summed E-state index contributed by atoms with van der Waals surface area (Å²) >= 11 is 0. The third kappa shape index (κ3) is 2.35. The zero-order chi connectivity index (χ0) is 13.1. The summed E-state index contributed by atoms with van der Waals surface area (Å²) in [4.78, 5) is 10.6. The Bertz CT molecular complexity index is 523. The fraction of sp³-hybridized carbons (Fsp3) is 0.545. The molecule has 0 saturated heterocycles. The Morgan fingerprint density at radius 2 is 2.22 bits per heavy atom. The SMILES string of the molecule is COCCN(c1nc(N)nc2[nH]ncc12)C(C)C. The van der Waals surface area contributed by atoms with E-state index in [-0.39, 0.29) is 12.0 Å². The highest BCUT2D eigenvalue weighted by atomic mass is 16.5. The number of anilines is 2. The van der Waals surface area contributed by atoms with Gasteiger partial charge in [0.25, 0.3) is 0 Å². The van der Waals surface area contributed by atoms with Crippen molar-refractivity contribution in [1.29, 1.82) is 0 Å². The van der Waals surface area contributed by atoms with Crippen LogP contribution in [0.2, 0.25) is 0 Å². The Morgan fingerprint density at radius 3 is 2.89 bits per heavy atom. The average molecular weight is 250 g/mol. The van der Waals surface area contributed by atoms with Crippen molar-refractivity contribution in [1.82, 2.24) is 20.2 Å². The third-order valence-corrected chi connectivity index (χ3v) is 2.74. The van der Waals surface area contributed by atoms with Crippen LogP contribution in [0.15, 0.2) is 6.20 Å². The molecule has 2 aromatic rings. The number of methoxy groups -OCH3 is 1. The second-order valence-corrected chi connectivity index (χ2v) is 4.32. The number of hydrogen-bond donors (Lipinski definition) is 2. The molecule has 0 spiro atoms. The number of aromatic nitrogens is 4. The van der Waals surface area contributed by atoms with Gasteiger partial charge >= 0.3 is 0 Å². The molecule has 0 fully saturated rings. The summed E-state index contributed by atoms with van der Waals surface area (Å²) in [6, 6.07) is 0.285. The van der Waals surface area contributed by atoms with Gasteiger partial charge in [0.2, 0.25) is 5.95 Å². The van der Waals surface area contributed by atoms with Crippen LogP contribution in [0.4, 0.5) is 11.8 Å². The standard InChI is InChI=1S/C11H18N6O/c1-7(2)17(4-5-18-3)10-8-6-13-16-9(8)14-11(12)15-10/h6-7H,4-5H2,1-3H3,(H3,12,13,14,15,16).